The predicted octanol–water partition coefficient (Wildman–Crippen LogP) is 1.14. The van der Waals surface area contributed by atoms with Gasteiger partial charge in [0.05, 0.1) is 7.11 Å². The molecular weight excluding hydrogens is 192 g/mol. The highest BCUT2D eigenvalue weighted by atomic mass is 16.5. The minimum absolute atomic E-state index is 0.0527. The van der Waals surface area contributed by atoms with Crippen LogP contribution in [0.1, 0.15) is 24.4 Å². The van der Waals surface area contributed by atoms with Gasteiger partial charge in [0.15, 0.2) is 11.5 Å². The van der Waals surface area contributed by atoms with E-state index in [4.69, 9.17) is 16.2 Å². The molecule has 1 aromatic rings. The topological polar surface area (TPSA) is 81.5 Å². The lowest BCUT2D eigenvalue weighted by Gasteiger charge is -2.13. The molecular formula is C11H18N2O2. The molecule has 0 bridgehead atoms. The van der Waals surface area contributed by atoms with E-state index >= 15 is 0 Å². The van der Waals surface area contributed by atoms with Gasteiger partial charge in [-0.3, -0.25) is 0 Å². The van der Waals surface area contributed by atoms with Gasteiger partial charge < -0.3 is 21.3 Å². The average molecular weight is 210 g/mol. The highest BCUT2D eigenvalue weighted by Gasteiger charge is 2.08. The number of methoxy groups -OCH3 is 1. The maximum absolute atomic E-state index is 9.41. The number of nitrogens with two attached hydrogens (primary N) is 2. The Bertz CT molecular complexity index is 315. The fraction of sp³-hybridized carbons (Fsp3) is 0.455. The van der Waals surface area contributed by atoms with Gasteiger partial charge in [0, 0.05) is 6.04 Å². The van der Waals surface area contributed by atoms with Crippen molar-refractivity contribution in [2.45, 2.75) is 18.9 Å². The van der Waals surface area contributed by atoms with E-state index in [2.05, 4.69) is 0 Å². The molecule has 5 N–H and O–H groups in total. The average Bonchev–Trinajstić information content (AvgIpc) is 2.26. The van der Waals surface area contributed by atoms with Crippen LogP contribution >= 0.6 is 0 Å². The lowest BCUT2D eigenvalue weighted by Crippen LogP contribution is -2.12. The number of hydrogen-bond donors (Lipinski definition) is 3. The molecule has 0 saturated heterocycles. The Hall–Kier alpha value is -1.26. The SMILES string of the molecule is COc1cc([C@H](N)CCCN)ccc1O. The van der Waals surface area contributed by atoms with Crippen LogP contribution in [0.5, 0.6) is 11.5 Å². The minimum Gasteiger partial charge on any atom is -0.504 e. The van der Waals surface area contributed by atoms with Crippen molar-refractivity contribution in [3.05, 3.63) is 23.8 Å². The first-order valence-corrected chi connectivity index (χ1v) is 5.01. The van der Waals surface area contributed by atoms with Crippen LogP contribution in [-0.4, -0.2) is 18.8 Å². The third kappa shape index (κ3) is 3.11. The second-order valence-corrected chi connectivity index (χ2v) is 3.47. The summed E-state index contributed by atoms with van der Waals surface area (Å²) in [5.74, 6) is 0.586. The summed E-state index contributed by atoms with van der Waals surface area (Å²) >= 11 is 0. The molecule has 1 rings (SSSR count). The lowest BCUT2D eigenvalue weighted by molar-refractivity contribution is 0.372. The standard InChI is InChI=1S/C11H18N2O2/c1-15-11-7-8(4-5-10(11)14)9(13)3-2-6-12/h4-5,7,9,14H,2-3,6,12-13H2,1H3/t9-/m1/s1. The normalized spacial score (nSPS) is 12.5. The third-order valence-corrected chi connectivity index (χ3v) is 2.35. The summed E-state index contributed by atoms with van der Waals surface area (Å²) in [7, 11) is 1.52. The molecule has 0 saturated carbocycles. The van der Waals surface area contributed by atoms with Crippen LogP contribution in [0.4, 0.5) is 0 Å². The molecule has 0 aliphatic rings. The fourth-order valence-corrected chi connectivity index (χ4v) is 1.43. The molecule has 0 radical (unpaired) electrons. The van der Waals surface area contributed by atoms with Crippen LogP contribution < -0.4 is 16.2 Å². The summed E-state index contributed by atoms with van der Waals surface area (Å²) in [6.07, 6.45) is 1.73. The zero-order chi connectivity index (χ0) is 11.3. The van der Waals surface area contributed by atoms with E-state index in [9.17, 15) is 5.11 Å². The Morgan fingerprint density at radius 2 is 2.20 bits per heavy atom. The molecule has 0 aromatic heterocycles. The van der Waals surface area contributed by atoms with Crippen molar-refractivity contribution in [2.24, 2.45) is 11.5 Å². The van der Waals surface area contributed by atoms with Crippen molar-refractivity contribution in [1.29, 1.82) is 0 Å². The first-order valence-electron chi connectivity index (χ1n) is 5.01. The van der Waals surface area contributed by atoms with E-state index in [1.165, 1.54) is 7.11 Å². The third-order valence-electron chi connectivity index (χ3n) is 2.35. The van der Waals surface area contributed by atoms with Crippen LogP contribution in [0.25, 0.3) is 0 Å². The molecule has 0 aliphatic carbocycles. The molecule has 1 aromatic carbocycles. The Morgan fingerprint density at radius 1 is 1.47 bits per heavy atom. The van der Waals surface area contributed by atoms with E-state index in [-0.39, 0.29) is 11.8 Å². The Balaban J connectivity index is 2.76. The zero-order valence-corrected chi connectivity index (χ0v) is 8.94. The lowest BCUT2D eigenvalue weighted by atomic mass is 10.0. The summed E-state index contributed by atoms with van der Waals surface area (Å²) < 4.78 is 5.01. The van der Waals surface area contributed by atoms with Gasteiger partial charge in [-0.25, -0.2) is 0 Å². The minimum atomic E-state index is -0.0527. The van der Waals surface area contributed by atoms with E-state index in [1.54, 1.807) is 18.2 Å². The second-order valence-electron chi connectivity index (χ2n) is 3.47. The number of phenolic OH excluding ortho intramolecular Hbond substituents is 1. The molecule has 0 heterocycles. The molecule has 0 fully saturated rings. The molecule has 4 heteroatoms. The number of phenols is 1. The molecule has 15 heavy (non-hydrogen) atoms. The Morgan fingerprint density at radius 3 is 2.80 bits per heavy atom. The number of ether oxygens (including phenoxy) is 1. The number of rotatable bonds is 5. The molecule has 1 atom stereocenters. The fourth-order valence-electron chi connectivity index (χ4n) is 1.43. The van der Waals surface area contributed by atoms with Crippen molar-refractivity contribution in [2.75, 3.05) is 13.7 Å². The van der Waals surface area contributed by atoms with E-state index < -0.39 is 0 Å². The highest BCUT2D eigenvalue weighted by molar-refractivity contribution is 5.42. The maximum atomic E-state index is 9.41. The van der Waals surface area contributed by atoms with Gasteiger partial charge in [-0.2, -0.15) is 0 Å². The monoisotopic (exact) mass is 210 g/mol. The van der Waals surface area contributed by atoms with Gasteiger partial charge in [0.2, 0.25) is 0 Å². The van der Waals surface area contributed by atoms with Crippen molar-refractivity contribution in [3.8, 4) is 11.5 Å². The van der Waals surface area contributed by atoms with Crippen molar-refractivity contribution in [3.63, 3.8) is 0 Å². The Kier molecular flexibility index (Phi) is 4.39. The molecule has 84 valence electrons. The van der Waals surface area contributed by atoms with Crippen molar-refractivity contribution in [1.82, 2.24) is 0 Å². The van der Waals surface area contributed by atoms with Crippen molar-refractivity contribution < 1.29 is 9.84 Å². The maximum Gasteiger partial charge on any atom is 0.160 e. The van der Waals surface area contributed by atoms with Gasteiger partial charge in [-0.1, -0.05) is 6.07 Å². The number of aromatic hydroxyl groups is 1. The first-order chi connectivity index (χ1) is 7.19. The van der Waals surface area contributed by atoms with Gasteiger partial charge in [0.25, 0.3) is 0 Å². The van der Waals surface area contributed by atoms with E-state index in [1.807, 2.05) is 0 Å². The number of benzene rings is 1. The quantitative estimate of drug-likeness (QED) is 0.680. The van der Waals surface area contributed by atoms with Crippen LogP contribution in [0.3, 0.4) is 0 Å². The van der Waals surface area contributed by atoms with Crippen LogP contribution in [0, 0.1) is 0 Å². The first kappa shape index (κ1) is 11.8. The number of hydrogen-bond acceptors (Lipinski definition) is 4. The van der Waals surface area contributed by atoms with E-state index in [0.29, 0.717) is 12.3 Å². The summed E-state index contributed by atoms with van der Waals surface area (Å²) in [4.78, 5) is 0. The molecule has 4 nitrogen and oxygen atoms in total. The van der Waals surface area contributed by atoms with Crippen LogP contribution in [0.2, 0.25) is 0 Å². The summed E-state index contributed by atoms with van der Waals surface area (Å²) in [5.41, 5.74) is 12.3. The van der Waals surface area contributed by atoms with Gasteiger partial charge in [0.1, 0.15) is 0 Å². The van der Waals surface area contributed by atoms with Crippen molar-refractivity contribution >= 4 is 0 Å². The summed E-state index contributed by atoms with van der Waals surface area (Å²) in [6.45, 7) is 0.642. The van der Waals surface area contributed by atoms with Crippen LogP contribution in [0.15, 0.2) is 18.2 Å². The predicted molar refractivity (Wildman–Crippen MR) is 59.9 cm³/mol. The smallest absolute Gasteiger partial charge is 0.160 e. The van der Waals surface area contributed by atoms with Gasteiger partial charge >= 0.3 is 0 Å². The molecule has 0 aliphatic heterocycles. The Labute approximate surface area is 89.8 Å². The summed E-state index contributed by atoms with van der Waals surface area (Å²) in [5, 5.41) is 9.41. The van der Waals surface area contributed by atoms with Gasteiger partial charge in [-0.05, 0) is 37.1 Å². The van der Waals surface area contributed by atoms with Gasteiger partial charge in [-0.15, -0.1) is 0 Å². The van der Waals surface area contributed by atoms with Crippen LogP contribution in [-0.2, 0) is 0 Å². The molecule has 0 amide bonds. The second kappa shape index (κ2) is 5.58. The summed E-state index contributed by atoms with van der Waals surface area (Å²) in [6, 6.07) is 5.11. The van der Waals surface area contributed by atoms with E-state index in [0.717, 1.165) is 18.4 Å². The zero-order valence-electron chi connectivity index (χ0n) is 8.94. The highest BCUT2D eigenvalue weighted by Crippen LogP contribution is 2.29. The molecule has 0 spiro atoms. The largest absolute Gasteiger partial charge is 0.504 e. The molecule has 0 unspecified atom stereocenters.